The van der Waals surface area contributed by atoms with Crippen LogP contribution in [0.25, 0.3) is 0 Å². The minimum absolute atomic E-state index is 0.241. The number of aromatic nitrogens is 2. The lowest BCUT2D eigenvalue weighted by Crippen LogP contribution is -2.57. The zero-order valence-electron chi connectivity index (χ0n) is 15.0. The van der Waals surface area contributed by atoms with Crippen LogP contribution in [-0.2, 0) is 4.74 Å². The predicted molar refractivity (Wildman–Crippen MR) is 104 cm³/mol. The molecule has 3 fully saturated rings. The van der Waals surface area contributed by atoms with Crippen molar-refractivity contribution < 1.29 is 4.74 Å². The fraction of sp³-hybridized carbons (Fsp3) is 0.778. The highest BCUT2D eigenvalue weighted by Gasteiger charge is 2.40. The first kappa shape index (κ1) is 17.4. The average molecular weight is 364 g/mol. The van der Waals surface area contributed by atoms with Crippen LogP contribution in [0.1, 0.15) is 25.7 Å². The van der Waals surface area contributed by atoms with Gasteiger partial charge in [-0.05, 0) is 31.4 Å². The number of morpholine rings is 1. The van der Waals surface area contributed by atoms with Gasteiger partial charge in [0, 0.05) is 50.1 Å². The van der Waals surface area contributed by atoms with Crippen LogP contribution < -0.4 is 10.2 Å². The summed E-state index contributed by atoms with van der Waals surface area (Å²) in [7, 11) is 0. The van der Waals surface area contributed by atoms with Gasteiger partial charge in [0.25, 0.3) is 0 Å². The molecule has 1 unspecified atom stereocenters. The van der Waals surface area contributed by atoms with E-state index in [-0.39, 0.29) is 5.54 Å². The molecule has 0 saturated carbocycles. The Kier molecular flexibility index (Phi) is 5.63. The smallest absolute Gasteiger partial charge is 0.134 e. The molecule has 0 aromatic carbocycles. The summed E-state index contributed by atoms with van der Waals surface area (Å²) in [5.41, 5.74) is 0.241. The lowest BCUT2D eigenvalue weighted by Gasteiger charge is -2.43. The number of nitrogens with one attached hydrogen (secondary N) is 1. The number of nitrogens with zero attached hydrogens (tertiary/aromatic N) is 4. The molecule has 1 N–H and O–H groups in total. The molecule has 25 heavy (non-hydrogen) atoms. The van der Waals surface area contributed by atoms with Gasteiger partial charge in [0.2, 0.25) is 0 Å². The van der Waals surface area contributed by atoms with Crippen LogP contribution in [0.4, 0.5) is 11.6 Å². The van der Waals surface area contributed by atoms with Gasteiger partial charge in [0.05, 0.1) is 13.2 Å². The van der Waals surface area contributed by atoms with E-state index in [1.165, 1.54) is 37.2 Å². The maximum absolute atomic E-state index is 5.55. The van der Waals surface area contributed by atoms with E-state index in [0.29, 0.717) is 0 Å². The first-order valence-corrected chi connectivity index (χ1v) is 10.7. The highest BCUT2D eigenvalue weighted by atomic mass is 32.2. The summed E-state index contributed by atoms with van der Waals surface area (Å²) in [5.74, 6) is 4.48. The van der Waals surface area contributed by atoms with Gasteiger partial charge in [-0.1, -0.05) is 0 Å². The number of ether oxygens (including phenoxy) is 1. The first-order chi connectivity index (χ1) is 12.4. The van der Waals surface area contributed by atoms with Crippen LogP contribution >= 0.6 is 11.8 Å². The molecule has 7 heteroatoms. The van der Waals surface area contributed by atoms with Crippen molar-refractivity contribution in [1.29, 1.82) is 0 Å². The summed E-state index contributed by atoms with van der Waals surface area (Å²) in [4.78, 5) is 14.0. The van der Waals surface area contributed by atoms with E-state index in [9.17, 15) is 0 Å². The molecule has 3 aliphatic heterocycles. The molecule has 3 aliphatic rings. The molecule has 1 atom stereocenters. The van der Waals surface area contributed by atoms with Gasteiger partial charge in [0.1, 0.15) is 18.0 Å². The number of piperidine rings is 1. The summed E-state index contributed by atoms with van der Waals surface area (Å²) in [6.45, 7) is 7.00. The van der Waals surface area contributed by atoms with Crippen LogP contribution in [-0.4, -0.2) is 77.9 Å². The maximum atomic E-state index is 5.55. The van der Waals surface area contributed by atoms with Crippen molar-refractivity contribution in [2.45, 2.75) is 31.2 Å². The molecule has 4 rings (SSSR count). The quantitative estimate of drug-likeness (QED) is 0.859. The Morgan fingerprint density at radius 1 is 1.12 bits per heavy atom. The standard InChI is InChI=1S/C18H29N5OS/c1-2-5-22(6-3-1)17-12-16(20-15-21-17)19-13-18(4-11-25-14-18)23-7-9-24-10-8-23/h12,15H,1-11,13-14H2,(H,19,20,21). The van der Waals surface area contributed by atoms with E-state index in [1.807, 2.05) is 0 Å². The topological polar surface area (TPSA) is 53.5 Å². The SMILES string of the molecule is c1nc(NCC2(N3CCOCC3)CCSC2)cc(N2CCCCC2)n1. The number of hydrogen-bond donors (Lipinski definition) is 1. The molecule has 0 aliphatic carbocycles. The van der Waals surface area contributed by atoms with E-state index in [2.05, 4.69) is 42.9 Å². The fourth-order valence-electron chi connectivity index (χ4n) is 4.13. The van der Waals surface area contributed by atoms with Crippen molar-refractivity contribution >= 4 is 23.4 Å². The molecule has 0 bridgehead atoms. The third kappa shape index (κ3) is 4.04. The molecule has 1 aromatic rings. The van der Waals surface area contributed by atoms with Crippen LogP contribution in [0.15, 0.2) is 12.4 Å². The second kappa shape index (κ2) is 8.10. The first-order valence-electron chi connectivity index (χ1n) is 9.57. The Hall–Kier alpha value is -1.05. The van der Waals surface area contributed by atoms with Gasteiger partial charge in [-0.2, -0.15) is 11.8 Å². The zero-order chi connectivity index (χ0) is 17.0. The molecule has 0 spiro atoms. The summed E-state index contributed by atoms with van der Waals surface area (Å²) >= 11 is 2.07. The Balaban J connectivity index is 1.42. The highest BCUT2D eigenvalue weighted by Crippen LogP contribution is 2.34. The van der Waals surface area contributed by atoms with Gasteiger partial charge < -0.3 is 15.0 Å². The molecular weight excluding hydrogens is 334 g/mol. The van der Waals surface area contributed by atoms with E-state index < -0.39 is 0 Å². The van der Waals surface area contributed by atoms with Crippen LogP contribution in [0.5, 0.6) is 0 Å². The number of anilines is 2. The van der Waals surface area contributed by atoms with Crippen molar-refractivity contribution in [3.05, 3.63) is 12.4 Å². The van der Waals surface area contributed by atoms with E-state index in [0.717, 1.165) is 57.6 Å². The van der Waals surface area contributed by atoms with Gasteiger partial charge in [-0.3, -0.25) is 4.90 Å². The van der Waals surface area contributed by atoms with Gasteiger partial charge in [-0.15, -0.1) is 0 Å². The molecule has 4 heterocycles. The molecular formula is C18H29N5OS. The lowest BCUT2D eigenvalue weighted by molar-refractivity contribution is -0.00922. The number of hydrogen-bond acceptors (Lipinski definition) is 7. The molecule has 0 radical (unpaired) electrons. The maximum Gasteiger partial charge on any atom is 0.134 e. The lowest BCUT2D eigenvalue weighted by atomic mass is 9.95. The normalized spacial score (nSPS) is 28.2. The highest BCUT2D eigenvalue weighted by molar-refractivity contribution is 7.99. The van der Waals surface area contributed by atoms with Crippen molar-refractivity contribution in [2.24, 2.45) is 0 Å². The third-order valence-electron chi connectivity index (χ3n) is 5.70. The molecule has 6 nitrogen and oxygen atoms in total. The van der Waals surface area contributed by atoms with Gasteiger partial charge in [0.15, 0.2) is 0 Å². The van der Waals surface area contributed by atoms with E-state index in [1.54, 1.807) is 6.33 Å². The van der Waals surface area contributed by atoms with Crippen LogP contribution in [0.2, 0.25) is 0 Å². The Morgan fingerprint density at radius 3 is 2.72 bits per heavy atom. The molecule has 0 amide bonds. The van der Waals surface area contributed by atoms with Crippen molar-refractivity contribution in [2.75, 3.05) is 67.7 Å². The van der Waals surface area contributed by atoms with Crippen molar-refractivity contribution in [3.63, 3.8) is 0 Å². The summed E-state index contributed by atoms with van der Waals surface area (Å²) < 4.78 is 5.55. The Bertz CT molecular complexity index is 554. The Labute approximate surface area is 154 Å². The van der Waals surface area contributed by atoms with Crippen molar-refractivity contribution in [1.82, 2.24) is 14.9 Å². The van der Waals surface area contributed by atoms with E-state index >= 15 is 0 Å². The molecule has 3 saturated heterocycles. The van der Waals surface area contributed by atoms with E-state index in [4.69, 9.17) is 4.74 Å². The summed E-state index contributed by atoms with van der Waals surface area (Å²) in [6, 6.07) is 2.13. The minimum Gasteiger partial charge on any atom is -0.379 e. The third-order valence-corrected chi connectivity index (χ3v) is 6.93. The molecule has 138 valence electrons. The zero-order valence-corrected chi connectivity index (χ0v) is 15.8. The van der Waals surface area contributed by atoms with Crippen LogP contribution in [0, 0.1) is 0 Å². The largest absolute Gasteiger partial charge is 0.379 e. The van der Waals surface area contributed by atoms with Gasteiger partial charge in [-0.25, -0.2) is 9.97 Å². The predicted octanol–water partition coefficient (Wildman–Crippen LogP) is 2.09. The number of thioether (sulfide) groups is 1. The average Bonchev–Trinajstić information content (AvgIpc) is 3.18. The summed E-state index contributed by atoms with van der Waals surface area (Å²) in [5, 5.41) is 3.63. The summed E-state index contributed by atoms with van der Waals surface area (Å²) in [6.07, 6.45) is 6.83. The fourth-order valence-corrected chi connectivity index (χ4v) is 5.61. The second-order valence-corrected chi connectivity index (χ2v) is 8.39. The minimum atomic E-state index is 0.241. The molecule has 1 aromatic heterocycles. The van der Waals surface area contributed by atoms with Crippen molar-refractivity contribution in [3.8, 4) is 0 Å². The second-order valence-electron chi connectivity index (χ2n) is 7.29. The monoisotopic (exact) mass is 363 g/mol. The van der Waals surface area contributed by atoms with Gasteiger partial charge >= 0.3 is 0 Å². The number of rotatable bonds is 5. The Morgan fingerprint density at radius 2 is 1.96 bits per heavy atom. The van der Waals surface area contributed by atoms with Crippen LogP contribution in [0.3, 0.4) is 0 Å².